The average Bonchev–Trinajstić information content (AvgIpc) is 2.48. The fourth-order valence-corrected chi connectivity index (χ4v) is 2.18. The molecule has 1 aromatic carbocycles. The van der Waals surface area contributed by atoms with Crippen LogP contribution in [0.1, 0.15) is 52.9 Å². The normalized spacial score (nSPS) is 10.7. The summed E-state index contributed by atoms with van der Waals surface area (Å²) in [6.07, 6.45) is 6.28. The minimum atomic E-state index is -0.0339. The highest BCUT2D eigenvalue weighted by Gasteiger charge is 2.08. The van der Waals surface area contributed by atoms with Gasteiger partial charge in [-0.3, -0.25) is 4.79 Å². The number of carbonyl (C=O) groups excluding carboxylic acids is 1. The van der Waals surface area contributed by atoms with Crippen molar-refractivity contribution >= 4 is 11.6 Å². The summed E-state index contributed by atoms with van der Waals surface area (Å²) in [5.74, 6) is 0.679. The highest BCUT2D eigenvalue weighted by Crippen LogP contribution is 2.24. The molecular formula is C18H30N2O2. The Hall–Kier alpha value is -1.55. The molecule has 0 unspecified atom stereocenters. The molecule has 0 atom stereocenters. The van der Waals surface area contributed by atoms with E-state index >= 15 is 0 Å². The lowest BCUT2D eigenvalue weighted by atomic mass is 10.1. The van der Waals surface area contributed by atoms with Gasteiger partial charge in [-0.2, -0.15) is 0 Å². The van der Waals surface area contributed by atoms with Crippen molar-refractivity contribution < 1.29 is 9.53 Å². The van der Waals surface area contributed by atoms with Crippen molar-refractivity contribution in [1.29, 1.82) is 0 Å². The van der Waals surface area contributed by atoms with Gasteiger partial charge >= 0.3 is 0 Å². The number of amides is 1. The molecule has 4 nitrogen and oxygen atoms in total. The quantitative estimate of drug-likeness (QED) is 0.608. The van der Waals surface area contributed by atoms with E-state index < -0.39 is 0 Å². The number of nitrogens with one attached hydrogen (secondary N) is 2. The van der Waals surface area contributed by atoms with Gasteiger partial charge in [-0.25, -0.2) is 0 Å². The molecule has 0 saturated carbocycles. The number of rotatable bonds is 11. The van der Waals surface area contributed by atoms with Crippen LogP contribution in [0.4, 0.5) is 5.69 Å². The summed E-state index contributed by atoms with van der Waals surface area (Å²) in [4.78, 5) is 12.0. The topological polar surface area (TPSA) is 50.4 Å². The number of anilines is 1. The lowest BCUT2D eigenvalue weighted by Crippen LogP contribution is -2.29. The Bertz CT molecular complexity index is 433. The molecule has 0 bridgehead atoms. The van der Waals surface area contributed by atoms with Gasteiger partial charge in [0.05, 0.1) is 18.3 Å². The molecule has 0 radical (unpaired) electrons. The Morgan fingerprint density at radius 2 is 1.86 bits per heavy atom. The molecule has 22 heavy (non-hydrogen) atoms. The van der Waals surface area contributed by atoms with Gasteiger partial charge < -0.3 is 15.4 Å². The summed E-state index contributed by atoms with van der Waals surface area (Å²) >= 11 is 0. The fraction of sp³-hybridized carbons (Fsp3) is 0.611. The van der Waals surface area contributed by atoms with Crippen molar-refractivity contribution in [2.75, 3.05) is 18.4 Å². The standard InChI is InChI=1S/C18H30N2O2/c1-4-5-6-7-10-13-19-14-18(21)20-16-11-8-9-12-17(16)22-15(2)3/h8-9,11-12,15,19H,4-7,10,13-14H2,1-3H3,(H,20,21). The summed E-state index contributed by atoms with van der Waals surface area (Å²) in [7, 11) is 0. The first-order valence-electron chi connectivity index (χ1n) is 8.39. The molecule has 1 aromatic rings. The Kier molecular flexibility index (Phi) is 9.31. The lowest BCUT2D eigenvalue weighted by molar-refractivity contribution is -0.115. The van der Waals surface area contributed by atoms with Gasteiger partial charge in [-0.15, -0.1) is 0 Å². The largest absolute Gasteiger partial charge is 0.489 e. The van der Waals surface area contributed by atoms with Crippen LogP contribution in [-0.4, -0.2) is 25.1 Å². The molecule has 0 aliphatic heterocycles. The fourth-order valence-electron chi connectivity index (χ4n) is 2.18. The van der Waals surface area contributed by atoms with Crippen LogP contribution < -0.4 is 15.4 Å². The monoisotopic (exact) mass is 306 g/mol. The molecule has 0 heterocycles. The van der Waals surface area contributed by atoms with Crippen molar-refractivity contribution in [3.05, 3.63) is 24.3 Å². The van der Waals surface area contributed by atoms with E-state index in [1.807, 2.05) is 38.1 Å². The molecule has 4 heteroatoms. The second-order valence-electron chi connectivity index (χ2n) is 5.80. The van der Waals surface area contributed by atoms with E-state index in [1.165, 1.54) is 25.7 Å². The third-order valence-electron chi connectivity index (χ3n) is 3.27. The maximum Gasteiger partial charge on any atom is 0.238 e. The zero-order chi connectivity index (χ0) is 16.2. The number of hydrogen-bond donors (Lipinski definition) is 2. The Balaban J connectivity index is 2.27. The third kappa shape index (κ3) is 8.03. The number of ether oxygens (including phenoxy) is 1. The first-order chi connectivity index (χ1) is 10.6. The maximum absolute atomic E-state index is 12.0. The molecule has 0 fully saturated rings. The number of para-hydroxylation sites is 2. The van der Waals surface area contributed by atoms with Crippen LogP contribution >= 0.6 is 0 Å². The van der Waals surface area contributed by atoms with Gasteiger partial charge in [0.2, 0.25) is 5.91 Å². The van der Waals surface area contributed by atoms with Gasteiger partial charge in [0.1, 0.15) is 5.75 Å². The SMILES string of the molecule is CCCCCCCNCC(=O)Nc1ccccc1OC(C)C. The van der Waals surface area contributed by atoms with Crippen LogP contribution in [0.2, 0.25) is 0 Å². The molecule has 0 aromatic heterocycles. The molecule has 2 N–H and O–H groups in total. The third-order valence-corrected chi connectivity index (χ3v) is 3.27. The highest BCUT2D eigenvalue weighted by atomic mass is 16.5. The summed E-state index contributed by atoms with van der Waals surface area (Å²) in [6, 6.07) is 7.53. The number of benzene rings is 1. The van der Waals surface area contributed by atoms with Crippen LogP contribution in [0.25, 0.3) is 0 Å². The smallest absolute Gasteiger partial charge is 0.238 e. The van der Waals surface area contributed by atoms with Crippen molar-refractivity contribution in [1.82, 2.24) is 5.32 Å². The van der Waals surface area contributed by atoms with Crippen molar-refractivity contribution in [2.24, 2.45) is 0 Å². The van der Waals surface area contributed by atoms with Crippen LogP contribution in [0.5, 0.6) is 5.75 Å². The van der Waals surface area contributed by atoms with Gasteiger partial charge in [-0.05, 0) is 38.9 Å². The Labute approximate surface area is 134 Å². The Morgan fingerprint density at radius 3 is 2.59 bits per heavy atom. The van der Waals surface area contributed by atoms with Crippen LogP contribution in [0.3, 0.4) is 0 Å². The summed E-state index contributed by atoms with van der Waals surface area (Å²) in [5.41, 5.74) is 0.728. The lowest BCUT2D eigenvalue weighted by Gasteiger charge is -2.15. The van der Waals surface area contributed by atoms with Crippen molar-refractivity contribution in [2.45, 2.75) is 59.0 Å². The molecule has 124 valence electrons. The zero-order valence-corrected chi connectivity index (χ0v) is 14.2. The van der Waals surface area contributed by atoms with E-state index in [0.29, 0.717) is 12.3 Å². The van der Waals surface area contributed by atoms with Crippen LogP contribution in [0, 0.1) is 0 Å². The first-order valence-corrected chi connectivity index (χ1v) is 8.39. The maximum atomic E-state index is 12.0. The molecular weight excluding hydrogens is 276 g/mol. The summed E-state index contributed by atoms with van der Waals surface area (Å²) in [6.45, 7) is 7.38. The molecule has 1 amide bonds. The second kappa shape index (κ2) is 11.1. The van der Waals surface area contributed by atoms with E-state index in [9.17, 15) is 4.79 Å². The van der Waals surface area contributed by atoms with Gasteiger partial charge in [0.25, 0.3) is 0 Å². The molecule has 1 rings (SSSR count). The average molecular weight is 306 g/mol. The minimum absolute atomic E-state index is 0.0339. The number of hydrogen-bond acceptors (Lipinski definition) is 3. The van der Waals surface area contributed by atoms with E-state index in [4.69, 9.17) is 4.74 Å². The van der Waals surface area contributed by atoms with Gasteiger partial charge in [0, 0.05) is 0 Å². The minimum Gasteiger partial charge on any atom is -0.489 e. The van der Waals surface area contributed by atoms with E-state index in [2.05, 4.69) is 17.6 Å². The van der Waals surface area contributed by atoms with Gasteiger partial charge in [0.15, 0.2) is 0 Å². The molecule has 0 saturated heterocycles. The summed E-state index contributed by atoms with van der Waals surface area (Å²) < 4.78 is 5.69. The zero-order valence-electron chi connectivity index (χ0n) is 14.2. The number of unbranched alkanes of at least 4 members (excludes halogenated alkanes) is 4. The highest BCUT2D eigenvalue weighted by molar-refractivity contribution is 5.93. The van der Waals surface area contributed by atoms with Crippen LogP contribution in [-0.2, 0) is 4.79 Å². The van der Waals surface area contributed by atoms with Crippen LogP contribution in [0.15, 0.2) is 24.3 Å². The van der Waals surface area contributed by atoms with Crippen molar-refractivity contribution in [3.63, 3.8) is 0 Å². The Morgan fingerprint density at radius 1 is 1.14 bits per heavy atom. The predicted octanol–water partition coefficient (Wildman–Crippen LogP) is 3.97. The molecule has 0 aliphatic rings. The van der Waals surface area contributed by atoms with Crippen molar-refractivity contribution in [3.8, 4) is 5.75 Å². The first kappa shape index (κ1) is 18.5. The molecule has 0 spiro atoms. The van der Waals surface area contributed by atoms with E-state index in [0.717, 1.165) is 18.7 Å². The second-order valence-corrected chi connectivity index (χ2v) is 5.80. The van der Waals surface area contributed by atoms with E-state index in [1.54, 1.807) is 0 Å². The summed E-state index contributed by atoms with van der Waals surface area (Å²) in [5, 5.41) is 6.09. The predicted molar refractivity (Wildman–Crippen MR) is 92.5 cm³/mol. The van der Waals surface area contributed by atoms with E-state index in [-0.39, 0.29) is 12.0 Å². The number of carbonyl (C=O) groups is 1. The molecule has 0 aliphatic carbocycles. The van der Waals surface area contributed by atoms with Gasteiger partial charge in [-0.1, -0.05) is 44.7 Å².